The zero-order chi connectivity index (χ0) is 19.5. The number of fused-ring (bicyclic) bond motifs is 1. The van der Waals surface area contributed by atoms with Gasteiger partial charge < -0.3 is 14.8 Å². The van der Waals surface area contributed by atoms with E-state index < -0.39 is 0 Å². The van der Waals surface area contributed by atoms with Crippen molar-refractivity contribution in [3.05, 3.63) is 71.8 Å². The second-order valence-corrected chi connectivity index (χ2v) is 6.49. The molecule has 0 radical (unpaired) electrons. The molecule has 28 heavy (non-hydrogen) atoms. The maximum atomic E-state index is 6.45. The van der Waals surface area contributed by atoms with Crippen LogP contribution in [0.3, 0.4) is 0 Å². The van der Waals surface area contributed by atoms with E-state index in [9.17, 15) is 0 Å². The van der Waals surface area contributed by atoms with Crippen LogP contribution >= 0.6 is 11.6 Å². The van der Waals surface area contributed by atoms with Gasteiger partial charge in [0.1, 0.15) is 17.2 Å². The number of nitrogens with one attached hydrogen (secondary N) is 1. The van der Waals surface area contributed by atoms with Crippen molar-refractivity contribution in [1.82, 2.24) is 9.97 Å². The summed E-state index contributed by atoms with van der Waals surface area (Å²) < 4.78 is 10.8. The van der Waals surface area contributed by atoms with Gasteiger partial charge in [-0.25, -0.2) is 9.97 Å². The summed E-state index contributed by atoms with van der Waals surface area (Å²) in [5.74, 6) is 1.95. The van der Waals surface area contributed by atoms with Crippen molar-refractivity contribution in [2.24, 2.45) is 0 Å². The van der Waals surface area contributed by atoms with Gasteiger partial charge in [0.2, 0.25) is 0 Å². The third kappa shape index (κ3) is 3.44. The number of methoxy groups -OCH3 is 2. The topological polar surface area (TPSA) is 56.3 Å². The molecule has 0 bridgehead atoms. The predicted octanol–water partition coefficient (Wildman–Crippen LogP) is 5.71. The molecule has 0 spiro atoms. The highest BCUT2D eigenvalue weighted by atomic mass is 35.5. The van der Waals surface area contributed by atoms with E-state index in [-0.39, 0.29) is 0 Å². The lowest BCUT2D eigenvalue weighted by Crippen LogP contribution is -2.02. The van der Waals surface area contributed by atoms with E-state index in [1.54, 1.807) is 14.2 Å². The number of hydrogen-bond donors (Lipinski definition) is 1. The van der Waals surface area contributed by atoms with Gasteiger partial charge in [-0.15, -0.1) is 0 Å². The fraction of sp³-hybridized carbons (Fsp3) is 0.0909. The standard InChI is InChI=1S/C22H18ClN3O2/c1-27-14-11-12-20(28-2)19(13-14)26-22-21(15-7-3-4-8-16(15)23)24-17-9-5-6-10-18(17)25-22/h3-13H,1-2H3,(H,25,26). The molecule has 0 atom stereocenters. The lowest BCUT2D eigenvalue weighted by Gasteiger charge is -2.16. The van der Waals surface area contributed by atoms with Crippen LogP contribution in [0, 0.1) is 0 Å². The van der Waals surface area contributed by atoms with Crippen LogP contribution in [-0.4, -0.2) is 24.2 Å². The summed E-state index contributed by atoms with van der Waals surface area (Å²) in [6.07, 6.45) is 0. The van der Waals surface area contributed by atoms with E-state index in [1.807, 2.05) is 66.7 Å². The Labute approximate surface area is 167 Å². The monoisotopic (exact) mass is 391 g/mol. The number of anilines is 2. The molecule has 4 aromatic rings. The summed E-state index contributed by atoms with van der Waals surface area (Å²) >= 11 is 6.45. The second kappa shape index (κ2) is 7.74. The molecular weight excluding hydrogens is 374 g/mol. The highest BCUT2D eigenvalue weighted by molar-refractivity contribution is 6.33. The van der Waals surface area contributed by atoms with Crippen molar-refractivity contribution in [3.63, 3.8) is 0 Å². The molecule has 1 N–H and O–H groups in total. The molecule has 140 valence electrons. The molecular formula is C22H18ClN3O2. The van der Waals surface area contributed by atoms with E-state index >= 15 is 0 Å². The van der Waals surface area contributed by atoms with Crippen LogP contribution in [-0.2, 0) is 0 Å². The van der Waals surface area contributed by atoms with Crippen LogP contribution in [0.25, 0.3) is 22.3 Å². The molecule has 5 nitrogen and oxygen atoms in total. The Balaban J connectivity index is 1.91. The number of para-hydroxylation sites is 2. The van der Waals surface area contributed by atoms with Crippen LogP contribution in [0.5, 0.6) is 11.5 Å². The van der Waals surface area contributed by atoms with Gasteiger partial charge in [-0.3, -0.25) is 0 Å². The number of benzene rings is 3. The van der Waals surface area contributed by atoms with Crippen LogP contribution in [0.4, 0.5) is 11.5 Å². The maximum Gasteiger partial charge on any atom is 0.157 e. The minimum absolute atomic E-state index is 0.582. The average molecular weight is 392 g/mol. The normalized spacial score (nSPS) is 10.7. The highest BCUT2D eigenvalue weighted by Crippen LogP contribution is 2.36. The third-order valence-corrected chi connectivity index (χ3v) is 4.69. The van der Waals surface area contributed by atoms with Gasteiger partial charge >= 0.3 is 0 Å². The average Bonchev–Trinajstić information content (AvgIpc) is 2.73. The molecule has 0 unspecified atom stereocenters. The Morgan fingerprint density at radius 1 is 0.821 bits per heavy atom. The van der Waals surface area contributed by atoms with Crippen LogP contribution < -0.4 is 14.8 Å². The fourth-order valence-corrected chi connectivity index (χ4v) is 3.19. The lowest BCUT2D eigenvalue weighted by molar-refractivity contribution is 0.405. The highest BCUT2D eigenvalue weighted by Gasteiger charge is 2.16. The number of aromatic nitrogens is 2. The van der Waals surface area contributed by atoms with E-state index in [4.69, 9.17) is 31.0 Å². The molecule has 1 aromatic heterocycles. The smallest absolute Gasteiger partial charge is 0.157 e. The minimum Gasteiger partial charge on any atom is -0.497 e. The summed E-state index contributed by atoms with van der Waals surface area (Å²) in [4.78, 5) is 9.61. The van der Waals surface area contributed by atoms with Crippen molar-refractivity contribution in [2.45, 2.75) is 0 Å². The van der Waals surface area contributed by atoms with Gasteiger partial charge in [0.05, 0.1) is 36.0 Å². The van der Waals surface area contributed by atoms with Crippen LogP contribution in [0.15, 0.2) is 66.7 Å². The molecule has 0 aliphatic carbocycles. The first-order valence-electron chi connectivity index (χ1n) is 8.70. The third-order valence-electron chi connectivity index (χ3n) is 4.36. The summed E-state index contributed by atoms with van der Waals surface area (Å²) in [5, 5.41) is 3.95. The number of nitrogens with zero attached hydrogens (tertiary/aromatic N) is 2. The zero-order valence-electron chi connectivity index (χ0n) is 15.4. The molecule has 0 fully saturated rings. The number of rotatable bonds is 5. The number of ether oxygens (including phenoxy) is 2. The Bertz CT molecular complexity index is 1150. The SMILES string of the molecule is COc1ccc(OC)c(Nc2nc3ccccc3nc2-c2ccccc2Cl)c1. The molecule has 0 aliphatic heterocycles. The van der Waals surface area contributed by atoms with E-state index in [0.29, 0.717) is 28.0 Å². The number of halogens is 1. The van der Waals surface area contributed by atoms with Crippen molar-refractivity contribution in [2.75, 3.05) is 19.5 Å². The second-order valence-electron chi connectivity index (χ2n) is 6.08. The summed E-state index contributed by atoms with van der Waals surface area (Å²) in [6, 6.07) is 20.8. The van der Waals surface area contributed by atoms with Crippen molar-refractivity contribution in [1.29, 1.82) is 0 Å². The molecule has 0 aliphatic rings. The predicted molar refractivity (Wildman–Crippen MR) is 113 cm³/mol. The van der Waals surface area contributed by atoms with Gasteiger partial charge in [0.25, 0.3) is 0 Å². The molecule has 6 heteroatoms. The van der Waals surface area contributed by atoms with Gasteiger partial charge in [-0.05, 0) is 30.3 Å². The first-order valence-corrected chi connectivity index (χ1v) is 9.08. The summed E-state index contributed by atoms with van der Waals surface area (Å²) in [6.45, 7) is 0. The summed E-state index contributed by atoms with van der Waals surface area (Å²) in [7, 11) is 3.24. The van der Waals surface area contributed by atoms with Gasteiger partial charge in [0, 0.05) is 11.6 Å². The molecule has 0 amide bonds. The molecule has 0 saturated heterocycles. The van der Waals surface area contributed by atoms with E-state index in [1.165, 1.54) is 0 Å². The molecule has 3 aromatic carbocycles. The van der Waals surface area contributed by atoms with Crippen LogP contribution in [0.1, 0.15) is 0 Å². The number of hydrogen-bond acceptors (Lipinski definition) is 5. The van der Waals surface area contributed by atoms with E-state index in [0.717, 1.165) is 22.3 Å². The molecule has 0 saturated carbocycles. The van der Waals surface area contributed by atoms with Crippen LogP contribution in [0.2, 0.25) is 5.02 Å². The molecule has 4 rings (SSSR count). The first-order chi connectivity index (χ1) is 13.7. The van der Waals surface area contributed by atoms with Crippen molar-refractivity contribution in [3.8, 4) is 22.8 Å². The maximum absolute atomic E-state index is 6.45. The lowest BCUT2D eigenvalue weighted by atomic mass is 10.1. The quantitative estimate of drug-likeness (QED) is 0.472. The van der Waals surface area contributed by atoms with E-state index in [2.05, 4.69) is 5.32 Å². The van der Waals surface area contributed by atoms with Crippen molar-refractivity contribution >= 4 is 34.1 Å². The van der Waals surface area contributed by atoms with Crippen molar-refractivity contribution < 1.29 is 9.47 Å². The summed E-state index contributed by atoms with van der Waals surface area (Å²) in [5.41, 5.74) is 3.75. The largest absolute Gasteiger partial charge is 0.497 e. The van der Waals surface area contributed by atoms with Gasteiger partial charge in [0.15, 0.2) is 5.82 Å². The Morgan fingerprint density at radius 3 is 2.25 bits per heavy atom. The van der Waals surface area contributed by atoms with Gasteiger partial charge in [-0.2, -0.15) is 0 Å². The Morgan fingerprint density at radius 2 is 1.54 bits per heavy atom. The van der Waals surface area contributed by atoms with Gasteiger partial charge in [-0.1, -0.05) is 41.9 Å². The Hall–Kier alpha value is -3.31. The Kier molecular flexibility index (Phi) is 5.00. The first kappa shape index (κ1) is 18.1. The zero-order valence-corrected chi connectivity index (χ0v) is 16.2. The molecule has 1 heterocycles. The fourth-order valence-electron chi connectivity index (χ4n) is 2.97. The minimum atomic E-state index is 0.582.